The summed E-state index contributed by atoms with van der Waals surface area (Å²) in [4.78, 5) is 24.2. The molecule has 2 amide bonds. The standard InChI is InChI=1S/C16H22N2O3/c1-11(15(19)20)10-18(2)16(21)17-14-8-13(9-14)12-6-4-3-5-7-12/h3-7,11,13-14H,8-10H2,1-2H3,(H,17,21)(H,19,20). The van der Waals surface area contributed by atoms with Crippen molar-refractivity contribution in [1.29, 1.82) is 0 Å². The van der Waals surface area contributed by atoms with Gasteiger partial charge in [-0.05, 0) is 24.3 Å². The van der Waals surface area contributed by atoms with Crippen LogP contribution in [0.15, 0.2) is 30.3 Å². The Kier molecular flexibility index (Phi) is 4.83. The molecule has 0 aliphatic heterocycles. The fraction of sp³-hybridized carbons (Fsp3) is 0.500. The van der Waals surface area contributed by atoms with Gasteiger partial charge in [-0.2, -0.15) is 0 Å². The van der Waals surface area contributed by atoms with Crippen molar-refractivity contribution < 1.29 is 14.7 Å². The van der Waals surface area contributed by atoms with Gasteiger partial charge < -0.3 is 15.3 Å². The van der Waals surface area contributed by atoms with E-state index in [1.807, 2.05) is 18.2 Å². The highest BCUT2D eigenvalue weighted by molar-refractivity contribution is 5.76. The minimum absolute atomic E-state index is 0.185. The van der Waals surface area contributed by atoms with Gasteiger partial charge in [-0.1, -0.05) is 37.3 Å². The first-order valence-electron chi connectivity index (χ1n) is 7.26. The van der Waals surface area contributed by atoms with Crippen LogP contribution in [0.3, 0.4) is 0 Å². The normalized spacial score (nSPS) is 22.0. The van der Waals surface area contributed by atoms with E-state index in [2.05, 4.69) is 17.4 Å². The number of amides is 2. The third-order valence-corrected chi connectivity index (χ3v) is 4.05. The summed E-state index contributed by atoms with van der Waals surface area (Å²) in [5, 5.41) is 11.8. The van der Waals surface area contributed by atoms with Gasteiger partial charge in [0.2, 0.25) is 0 Å². The minimum atomic E-state index is -0.887. The SMILES string of the molecule is CC(CN(C)C(=O)NC1CC(c2ccccc2)C1)C(=O)O. The lowest BCUT2D eigenvalue weighted by Gasteiger charge is -2.37. The number of carboxylic acids is 1. The van der Waals surface area contributed by atoms with Gasteiger partial charge in [0.25, 0.3) is 0 Å². The maximum atomic E-state index is 12.0. The Balaban J connectivity index is 1.74. The molecule has 1 fully saturated rings. The number of rotatable bonds is 5. The molecule has 5 heteroatoms. The fourth-order valence-electron chi connectivity index (χ4n) is 2.59. The van der Waals surface area contributed by atoms with Crippen LogP contribution in [0.2, 0.25) is 0 Å². The molecule has 0 saturated heterocycles. The molecular formula is C16H22N2O3. The number of nitrogens with zero attached hydrogens (tertiary/aromatic N) is 1. The highest BCUT2D eigenvalue weighted by atomic mass is 16.4. The van der Waals surface area contributed by atoms with Crippen molar-refractivity contribution in [1.82, 2.24) is 10.2 Å². The van der Waals surface area contributed by atoms with Gasteiger partial charge in [0.1, 0.15) is 0 Å². The van der Waals surface area contributed by atoms with Crippen molar-refractivity contribution >= 4 is 12.0 Å². The molecule has 21 heavy (non-hydrogen) atoms. The van der Waals surface area contributed by atoms with E-state index in [1.165, 1.54) is 10.5 Å². The van der Waals surface area contributed by atoms with Crippen LogP contribution in [0.5, 0.6) is 0 Å². The van der Waals surface area contributed by atoms with E-state index in [-0.39, 0.29) is 18.6 Å². The van der Waals surface area contributed by atoms with Crippen molar-refractivity contribution in [2.75, 3.05) is 13.6 Å². The van der Waals surface area contributed by atoms with E-state index in [0.29, 0.717) is 5.92 Å². The number of carboxylic acid groups (broad SMARTS) is 1. The third-order valence-electron chi connectivity index (χ3n) is 4.05. The zero-order chi connectivity index (χ0) is 15.4. The van der Waals surface area contributed by atoms with E-state index in [0.717, 1.165) is 12.8 Å². The van der Waals surface area contributed by atoms with Crippen LogP contribution in [-0.2, 0) is 4.79 Å². The van der Waals surface area contributed by atoms with E-state index in [1.54, 1.807) is 14.0 Å². The number of urea groups is 1. The first kappa shape index (κ1) is 15.4. The van der Waals surface area contributed by atoms with Crippen LogP contribution in [-0.4, -0.2) is 41.6 Å². The molecule has 0 spiro atoms. The van der Waals surface area contributed by atoms with E-state index < -0.39 is 11.9 Å². The number of hydrogen-bond donors (Lipinski definition) is 2. The average Bonchev–Trinajstić information content (AvgIpc) is 2.42. The van der Waals surface area contributed by atoms with Gasteiger partial charge in [-0.3, -0.25) is 4.79 Å². The molecule has 1 saturated carbocycles. The summed E-state index contributed by atoms with van der Waals surface area (Å²) in [5.74, 6) is -0.929. The predicted octanol–water partition coefficient (Wildman–Crippen LogP) is 2.29. The van der Waals surface area contributed by atoms with Crippen LogP contribution < -0.4 is 5.32 Å². The molecule has 1 aliphatic carbocycles. The summed E-state index contributed by atoms with van der Waals surface area (Å²) >= 11 is 0. The highest BCUT2D eigenvalue weighted by Crippen LogP contribution is 2.36. The van der Waals surface area contributed by atoms with Crippen LogP contribution in [0.1, 0.15) is 31.2 Å². The lowest BCUT2D eigenvalue weighted by atomic mass is 9.76. The van der Waals surface area contributed by atoms with Gasteiger partial charge in [0, 0.05) is 19.6 Å². The Morgan fingerprint density at radius 1 is 1.33 bits per heavy atom. The van der Waals surface area contributed by atoms with Crippen molar-refractivity contribution in [3.63, 3.8) is 0 Å². The summed E-state index contributed by atoms with van der Waals surface area (Å²) in [6.45, 7) is 1.82. The topological polar surface area (TPSA) is 69.6 Å². The number of carbonyl (C=O) groups excluding carboxylic acids is 1. The molecule has 5 nitrogen and oxygen atoms in total. The van der Waals surface area contributed by atoms with Crippen LogP contribution in [0.25, 0.3) is 0 Å². The maximum absolute atomic E-state index is 12.0. The first-order chi connectivity index (χ1) is 9.97. The quantitative estimate of drug-likeness (QED) is 0.874. The zero-order valence-electron chi connectivity index (χ0n) is 12.5. The molecule has 114 valence electrons. The number of carbonyl (C=O) groups is 2. The molecular weight excluding hydrogens is 268 g/mol. The summed E-state index contributed by atoms with van der Waals surface area (Å²) in [6, 6.07) is 10.3. The summed E-state index contributed by atoms with van der Waals surface area (Å²) in [5.41, 5.74) is 1.32. The van der Waals surface area contributed by atoms with Gasteiger partial charge in [-0.25, -0.2) is 4.79 Å². The first-order valence-corrected chi connectivity index (χ1v) is 7.26. The molecule has 2 N–H and O–H groups in total. The molecule has 0 heterocycles. The molecule has 2 rings (SSSR count). The molecule has 0 bridgehead atoms. The molecule has 0 aromatic heterocycles. The number of benzene rings is 1. The fourth-order valence-corrected chi connectivity index (χ4v) is 2.59. The minimum Gasteiger partial charge on any atom is -0.481 e. The average molecular weight is 290 g/mol. The highest BCUT2D eigenvalue weighted by Gasteiger charge is 2.32. The molecule has 1 aromatic carbocycles. The van der Waals surface area contributed by atoms with Crippen molar-refractivity contribution in [3.05, 3.63) is 35.9 Å². The smallest absolute Gasteiger partial charge is 0.317 e. The Morgan fingerprint density at radius 2 is 1.95 bits per heavy atom. The predicted molar refractivity (Wildman–Crippen MR) is 80.2 cm³/mol. The van der Waals surface area contributed by atoms with Crippen LogP contribution in [0, 0.1) is 5.92 Å². The maximum Gasteiger partial charge on any atom is 0.317 e. The number of aliphatic carboxylic acids is 1. The third kappa shape index (κ3) is 3.97. The van der Waals surface area contributed by atoms with Crippen molar-refractivity contribution in [2.45, 2.75) is 31.7 Å². The Bertz CT molecular complexity index is 498. The molecule has 1 aromatic rings. The van der Waals surface area contributed by atoms with E-state index in [4.69, 9.17) is 5.11 Å². The molecule has 1 aliphatic rings. The van der Waals surface area contributed by atoms with Gasteiger partial charge in [0.15, 0.2) is 0 Å². The van der Waals surface area contributed by atoms with Gasteiger partial charge in [-0.15, -0.1) is 0 Å². The monoisotopic (exact) mass is 290 g/mol. The second kappa shape index (κ2) is 6.61. The summed E-state index contributed by atoms with van der Waals surface area (Å²) in [7, 11) is 1.63. The molecule has 0 radical (unpaired) electrons. The van der Waals surface area contributed by atoms with E-state index in [9.17, 15) is 9.59 Å². The number of nitrogens with one attached hydrogen (secondary N) is 1. The van der Waals surface area contributed by atoms with Gasteiger partial charge >= 0.3 is 12.0 Å². The lowest BCUT2D eigenvalue weighted by molar-refractivity contribution is -0.141. The Labute approximate surface area is 125 Å². The zero-order valence-corrected chi connectivity index (χ0v) is 12.5. The summed E-state index contributed by atoms with van der Waals surface area (Å²) < 4.78 is 0. The number of hydrogen-bond acceptors (Lipinski definition) is 2. The van der Waals surface area contributed by atoms with Gasteiger partial charge in [0.05, 0.1) is 5.92 Å². The second-order valence-electron chi connectivity index (χ2n) is 5.85. The van der Waals surface area contributed by atoms with Crippen LogP contribution >= 0.6 is 0 Å². The Hall–Kier alpha value is -2.04. The van der Waals surface area contributed by atoms with Crippen molar-refractivity contribution in [3.8, 4) is 0 Å². The molecule has 1 unspecified atom stereocenters. The second-order valence-corrected chi connectivity index (χ2v) is 5.85. The van der Waals surface area contributed by atoms with Crippen LogP contribution in [0.4, 0.5) is 4.79 Å². The van der Waals surface area contributed by atoms with E-state index >= 15 is 0 Å². The van der Waals surface area contributed by atoms with Crippen molar-refractivity contribution in [2.24, 2.45) is 5.92 Å². The molecule has 1 atom stereocenters. The summed E-state index contributed by atoms with van der Waals surface area (Å²) in [6.07, 6.45) is 1.89. The largest absolute Gasteiger partial charge is 0.481 e. The lowest BCUT2D eigenvalue weighted by Crippen LogP contribution is -2.49. The Morgan fingerprint density at radius 3 is 2.52 bits per heavy atom.